The number of carbonyl (C=O) groups is 4. The molecule has 0 saturated heterocycles. The van der Waals surface area contributed by atoms with Crippen LogP contribution in [0, 0.1) is 0 Å². The van der Waals surface area contributed by atoms with Crippen molar-refractivity contribution in [3.63, 3.8) is 0 Å². The van der Waals surface area contributed by atoms with Gasteiger partial charge in [-0.15, -0.1) is 0 Å². The molecule has 0 aliphatic heterocycles. The predicted molar refractivity (Wildman–Crippen MR) is 104 cm³/mol. The Balaban J connectivity index is -0.000000134. The predicted octanol–water partition coefficient (Wildman–Crippen LogP) is 2.60. The fourth-order valence-electron chi connectivity index (χ4n) is 0.668. The van der Waals surface area contributed by atoms with Gasteiger partial charge in [0.2, 0.25) is 5.91 Å². The molecule has 0 rings (SSSR count). The molecule has 0 bridgehead atoms. The molecular formula is C19H31NO7. The molecule has 1 amide bonds. The minimum absolute atomic E-state index is 0.329. The third kappa shape index (κ3) is 45.0. The number of carbonyl (C=O) groups excluding carboxylic acids is 4. The van der Waals surface area contributed by atoms with E-state index in [1.54, 1.807) is 6.92 Å². The SMILES string of the molecule is C=C(C)C(=O)OC.C=CC(=O)OCCCC.C=CC(N)=O.C=COC(C)=O. The summed E-state index contributed by atoms with van der Waals surface area (Å²) in [7, 11) is 1.33. The van der Waals surface area contributed by atoms with Crippen LogP contribution in [0.25, 0.3) is 0 Å². The third-order valence-corrected chi connectivity index (χ3v) is 1.89. The molecule has 0 radical (unpaired) electrons. The van der Waals surface area contributed by atoms with Crippen LogP contribution >= 0.6 is 0 Å². The molecule has 0 aliphatic rings. The van der Waals surface area contributed by atoms with Crippen molar-refractivity contribution >= 4 is 23.8 Å². The monoisotopic (exact) mass is 385 g/mol. The highest BCUT2D eigenvalue weighted by molar-refractivity contribution is 5.86. The Bertz CT molecular complexity index is 496. The van der Waals surface area contributed by atoms with Gasteiger partial charge >= 0.3 is 17.9 Å². The highest BCUT2D eigenvalue weighted by Crippen LogP contribution is 1.88. The van der Waals surface area contributed by atoms with Gasteiger partial charge in [0.05, 0.1) is 20.0 Å². The number of methoxy groups -OCH3 is 1. The summed E-state index contributed by atoms with van der Waals surface area (Å²) < 4.78 is 13.1. The highest BCUT2D eigenvalue weighted by atomic mass is 16.5. The molecule has 0 fully saturated rings. The summed E-state index contributed by atoms with van der Waals surface area (Å²) in [6.45, 7) is 18.3. The Hall–Kier alpha value is -3.16. The summed E-state index contributed by atoms with van der Waals surface area (Å²) in [5.41, 5.74) is 4.97. The second-order valence-electron chi connectivity index (χ2n) is 4.38. The zero-order valence-electron chi connectivity index (χ0n) is 16.6. The van der Waals surface area contributed by atoms with E-state index in [0.717, 1.165) is 25.2 Å². The van der Waals surface area contributed by atoms with E-state index < -0.39 is 5.91 Å². The van der Waals surface area contributed by atoms with Crippen LogP contribution in [0.4, 0.5) is 0 Å². The summed E-state index contributed by atoms with van der Waals surface area (Å²) in [5.74, 6) is -1.49. The molecule has 0 aliphatic carbocycles. The van der Waals surface area contributed by atoms with Crippen LogP contribution in [0.15, 0.2) is 50.3 Å². The van der Waals surface area contributed by atoms with Crippen LogP contribution < -0.4 is 5.73 Å². The molecular weight excluding hydrogens is 354 g/mol. The van der Waals surface area contributed by atoms with Crippen LogP contribution in [0.2, 0.25) is 0 Å². The number of hydrogen-bond donors (Lipinski definition) is 1. The number of nitrogens with two attached hydrogens (primary N) is 1. The standard InChI is InChI=1S/C7H12O2.C5H8O2.C4H6O2.C3H5NO/c1-3-5-6-9-7(8)4-2;1-4(2)5(6)7-3;1-3-6-4(2)5;1-2-3(4)5/h4H,2-3,5-6H2,1H3;1H2,2-3H3;3H,1H2,2H3;2H,1H2,(H2,4,5). The minimum Gasteiger partial charge on any atom is -0.466 e. The lowest BCUT2D eigenvalue weighted by atomic mass is 10.4. The maximum atomic E-state index is 10.3. The maximum Gasteiger partial charge on any atom is 0.332 e. The second-order valence-corrected chi connectivity index (χ2v) is 4.38. The average Bonchev–Trinajstić information content (AvgIpc) is 2.62. The first-order chi connectivity index (χ1) is 12.5. The summed E-state index contributed by atoms with van der Waals surface area (Å²) in [6.07, 6.45) is 5.31. The van der Waals surface area contributed by atoms with E-state index in [-0.39, 0.29) is 17.9 Å². The number of amides is 1. The smallest absolute Gasteiger partial charge is 0.332 e. The largest absolute Gasteiger partial charge is 0.466 e. The fraction of sp³-hybridized carbons (Fsp3) is 0.368. The Morgan fingerprint density at radius 3 is 1.67 bits per heavy atom. The molecule has 0 atom stereocenters. The Kier molecular flexibility index (Phi) is 29.4. The Morgan fingerprint density at radius 1 is 1.04 bits per heavy atom. The van der Waals surface area contributed by atoms with E-state index >= 15 is 0 Å². The Labute approximate surface area is 161 Å². The number of esters is 3. The minimum atomic E-state index is -0.481. The molecule has 154 valence electrons. The maximum absolute atomic E-state index is 10.3. The Morgan fingerprint density at radius 2 is 1.52 bits per heavy atom. The van der Waals surface area contributed by atoms with Crippen molar-refractivity contribution < 1.29 is 33.4 Å². The van der Waals surface area contributed by atoms with Gasteiger partial charge in [-0.1, -0.05) is 39.7 Å². The molecule has 0 aromatic rings. The molecule has 0 unspecified atom stereocenters. The molecule has 27 heavy (non-hydrogen) atoms. The molecule has 0 aromatic carbocycles. The molecule has 0 aromatic heterocycles. The number of primary amides is 1. The van der Waals surface area contributed by atoms with Gasteiger partial charge in [0.1, 0.15) is 0 Å². The van der Waals surface area contributed by atoms with E-state index in [0.29, 0.717) is 12.2 Å². The zero-order chi connectivity index (χ0) is 22.3. The van der Waals surface area contributed by atoms with Crippen LogP contribution in [-0.4, -0.2) is 37.5 Å². The van der Waals surface area contributed by atoms with Crippen molar-refractivity contribution in [3.05, 3.63) is 50.3 Å². The lowest BCUT2D eigenvalue weighted by Crippen LogP contribution is -2.04. The van der Waals surface area contributed by atoms with Gasteiger partial charge in [0.15, 0.2) is 0 Å². The summed E-state index contributed by atoms with van der Waals surface area (Å²) >= 11 is 0. The van der Waals surface area contributed by atoms with E-state index in [2.05, 4.69) is 46.3 Å². The first-order valence-corrected chi connectivity index (χ1v) is 7.76. The highest BCUT2D eigenvalue weighted by Gasteiger charge is 1.95. The van der Waals surface area contributed by atoms with Crippen molar-refractivity contribution in [1.82, 2.24) is 0 Å². The van der Waals surface area contributed by atoms with E-state index in [1.807, 2.05) is 6.92 Å². The van der Waals surface area contributed by atoms with Crippen molar-refractivity contribution in [2.75, 3.05) is 13.7 Å². The van der Waals surface area contributed by atoms with Gasteiger partial charge in [-0.3, -0.25) is 9.59 Å². The van der Waals surface area contributed by atoms with Crippen LogP contribution in [0.1, 0.15) is 33.6 Å². The number of rotatable bonds is 7. The molecule has 8 nitrogen and oxygen atoms in total. The van der Waals surface area contributed by atoms with Crippen molar-refractivity contribution in [2.24, 2.45) is 5.73 Å². The van der Waals surface area contributed by atoms with Gasteiger partial charge < -0.3 is 19.9 Å². The summed E-state index contributed by atoms with van der Waals surface area (Å²) in [6, 6.07) is 0. The molecule has 0 spiro atoms. The fourth-order valence-corrected chi connectivity index (χ4v) is 0.668. The zero-order valence-corrected chi connectivity index (χ0v) is 16.6. The van der Waals surface area contributed by atoms with Crippen molar-refractivity contribution in [3.8, 4) is 0 Å². The first-order valence-electron chi connectivity index (χ1n) is 7.76. The molecule has 0 heterocycles. The number of ether oxygens (including phenoxy) is 3. The average molecular weight is 385 g/mol. The van der Waals surface area contributed by atoms with Gasteiger partial charge in [0.25, 0.3) is 0 Å². The molecule has 2 N–H and O–H groups in total. The lowest BCUT2D eigenvalue weighted by molar-refractivity contribution is -0.138. The normalized spacial score (nSPS) is 7.56. The summed E-state index contributed by atoms with van der Waals surface area (Å²) in [5, 5.41) is 0. The van der Waals surface area contributed by atoms with Gasteiger partial charge in [-0.25, -0.2) is 9.59 Å². The van der Waals surface area contributed by atoms with E-state index in [9.17, 15) is 19.2 Å². The van der Waals surface area contributed by atoms with Crippen LogP contribution in [0.3, 0.4) is 0 Å². The quantitative estimate of drug-likeness (QED) is 0.235. The lowest BCUT2D eigenvalue weighted by Gasteiger charge is -1.97. The topological polar surface area (TPSA) is 122 Å². The van der Waals surface area contributed by atoms with Crippen molar-refractivity contribution in [2.45, 2.75) is 33.6 Å². The van der Waals surface area contributed by atoms with E-state index in [1.165, 1.54) is 20.1 Å². The second kappa shape index (κ2) is 25.1. The van der Waals surface area contributed by atoms with E-state index in [4.69, 9.17) is 0 Å². The van der Waals surface area contributed by atoms with Crippen LogP contribution in [0.5, 0.6) is 0 Å². The van der Waals surface area contributed by atoms with Gasteiger partial charge in [0, 0.05) is 18.6 Å². The van der Waals surface area contributed by atoms with Gasteiger partial charge in [-0.2, -0.15) is 0 Å². The molecule has 8 heteroatoms. The number of hydrogen-bond acceptors (Lipinski definition) is 7. The third-order valence-electron chi connectivity index (χ3n) is 1.89. The summed E-state index contributed by atoms with van der Waals surface area (Å²) in [4.78, 5) is 39.8. The number of unbranched alkanes of at least 4 members (excludes halogenated alkanes) is 1. The van der Waals surface area contributed by atoms with Crippen LogP contribution in [-0.2, 0) is 33.4 Å². The first kappa shape index (κ1) is 31.6. The van der Waals surface area contributed by atoms with Gasteiger partial charge in [-0.05, 0) is 19.4 Å². The molecule has 0 saturated carbocycles. The van der Waals surface area contributed by atoms with Crippen molar-refractivity contribution in [1.29, 1.82) is 0 Å².